The van der Waals surface area contributed by atoms with Gasteiger partial charge in [-0.15, -0.1) is 22.7 Å². The Balaban J connectivity index is 1.58. The first-order chi connectivity index (χ1) is 11.5. The molecule has 2 aromatic heterocycles. The Kier molecular flexibility index (Phi) is 5.44. The average Bonchev–Trinajstić information content (AvgIpc) is 3.23. The Bertz CT molecular complexity index is 811. The topological polar surface area (TPSA) is 62.3 Å². The third-order valence-corrected chi connectivity index (χ3v) is 6.19. The predicted molar refractivity (Wildman–Crippen MR) is 104 cm³/mol. The van der Waals surface area contributed by atoms with E-state index in [4.69, 9.17) is 12.2 Å². The summed E-state index contributed by atoms with van der Waals surface area (Å²) in [5, 5.41) is 7.12. The maximum atomic E-state index is 12.4. The lowest BCUT2D eigenvalue weighted by molar-refractivity contribution is -0.122. The molecule has 9 heteroatoms. The van der Waals surface area contributed by atoms with Crippen molar-refractivity contribution in [2.45, 2.75) is 13.3 Å². The van der Waals surface area contributed by atoms with E-state index in [1.54, 1.807) is 11.3 Å². The highest BCUT2D eigenvalue weighted by Gasteiger charge is 2.32. The molecule has 1 aliphatic rings. The molecule has 24 heavy (non-hydrogen) atoms. The molecule has 2 amide bonds. The molecule has 3 heterocycles. The summed E-state index contributed by atoms with van der Waals surface area (Å²) in [5.41, 5.74) is 0.867. The summed E-state index contributed by atoms with van der Waals surface area (Å²) >= 11 is 9.48. The summed E-state index contributed by atoms with van der Waals surface area (Å²) in [7, 11) is 0. The fraction of sp³-hybridized carbons (Fsp3) is 0.200. The van der Waals surface area contributed by atoms with Crippen LogP contribution in [0.5, 0.6) is 0 Å². The van der Waals surface area contributed by atoms with E-state index >= 15 is 0 Å². The van der Waals surface area contributed by atoms with Crippen molar-refractivity contribution in [3.05, 3.63) is 38.4 Å². The van der Waals surface area contributed by atoms with Crippen LogP contribution in [0.25, 0.3) is 6.08 Å². The van der Waals surface area contributed by atoms with E-state index in [0.29, 0.717) is 14.4 Å². The van der Waals surface area contributed by atoms with Crippen LogP contribution in [-0.4, -0.2) is 32.6 Å². The average molecular weight is 396 g/mol. The second-order valence-corrected chi connectivity index (χ2v) is 8.45. The van der Waals surface area contributed by atoms with Crippen molar-refractivity contribution in [1.82, 2.24) is 9.88 Å². The first-order valence-electron chi connectivity index (χ1n) is 7.04. The van der Waals surface area contributed by atoms with Gasteiger partial charge in [-0.2, -0.15) is 0 Å². The minimum absolute atomic E-state index is 0.142. The Labute approximate surface area is 156 Å². The number of carbonyl (C=O) groups excluding carboxylic acids is 2. The maximum Gasteiger partial charge on any atom is 0.266 e. The van der Waals surface area contributed by atoms with E-state index in [2.05, 4.69) is 10.3 Å². The number of thiocarbonyl (C=S) groups is 1. The highest BCUT2D eigenvalue weighted by molar-refractivity contribution is 8.26. The number of amides is 2. The van der Waals surface area contributed by atoms with Gasteiger partial charge in [0.05, 0.1) is 10.6 Å². The quantitative estimate of drug-likeness (QED) is 0.617. The second kappa shape index (κ2) is 7.56. The first kappa shape index (κ1) is 17.3. The molecular formula is C15H13N3O2S4. The summed E-state index contributed by atoms with van der Waals surface area (Å²) in [4.78, 5) is 31.7. The van der Waals surface area contributed by atoms with Crippen LogP contribution in [0, 0.1) is 6.92 Å². The zero-order valence-corrected chi connectivity index (χ0v) is 15.9. The summed E-state index contributed by atoms with van der Waals surface area (Å²) in [5.74, 6) is -0.322. The van der Waals surface area contributed by atoms with Crippen LogP contribution in [0.2, 0.25) is 0 Å². The van der Waals surface area contributed by atoms with E-state index < -0.39 is 0 Å². The van der Waals surface area contributed by atoms with Gasteiger partial charge in [0.25, 0.3) is 5.91 Å². The summed E-state index contributed by atoms with van der Waals surface area (Å²) < 4.78 is 0.487. The van der Waals surface area contributed by atoms with Gasteiger partial charge in [-0.1, -0.05) is 30.0 Å². The molecule has 0 bridgehead atoms. The van der Waals surface area contributed by atoms with Crippen LogP contribution in [-0.2, 0) is 9.59 Å². The molecule has 5 nitrogen and oxygen atoms in total. The van der Waals surface area contributed by atoms with Crippen LogP contribution in [0.4, 0.5) is 5.13 Å². The van der Waals surface area contributed by atoms with Gasteiger partial charge in [0, 0.05) is 23.2 Å². The molecule has 2 aromatic rings. The molecule has 0 unspecified atom stereocenters. The van der Waals surface area contributed by atoms with Crippen LogP contribution in [0.1, 0.15) is 17.0 Å². The molecule has 0 atom stereocenters. The van der Waals surface area contributed by atoms with Gasteiger partial charge in [0.2, 0.25) is 5.91 Å². The van der Waals surface area contributed by atoms with Crippen LogP contribution >= 0.6 is 46.7 Å². The molecule has 0 aromatic carbocycles. The minimum Gasteiger partial charge on any atom is -0.302 e. The number of carbonyl (C=O) groups is 2. The van der Waals surface area contributed by atoms with Gasteiger partial charge < -0.3 is 5.32 Å². The third kappa shape index (κ3) is 4.10. The predicted octanol–water partition coefficient (Wildman–Crippen LogP) is 3.74. The standard InChI is InChI=1S/C15H13N3O2S4/c1-9-8-23-14(16-9)17-12(19)4-5-18-13(20)11(24-15(18)21)7-10-3-2-6-22-10/h2-3,6-8H,4-5H2,1H3,(H,16,17,19)/b11-7-. The van der Waals surface area contributed by atoms with Gasteiger partial charge in [0.1, 0.15) is 4.32 Å². The van der Waals surface area contributed by atoms with Gasteiger partial charge in [-0.05, 0) is 24.4 Å². The minimum atomic E-state index is -0.180. The molecule has 1 saturated heterocycles. The number of thioether (sulfide) groups is 1. The lowest BCUT2D eigenvalue weighted by Gasteiger charge is -2.13. The Morgan fingerprint density at radius 2 is 2.29 bits per heavy atom. The molecule has 0 saturated carbocycles. The van der Waals surface area contributed by atoms with E-state index in [-0.39, 0.29) is 24.8 Å². The molecule has 124 valence electrons. The number of aromatic nitrogens is 1. The summed E-state index contributed by atoms with van der Waals surface area (Å²) in [6, 6.07) is 3.88. The number of rotatable bonds is 5. The first-order valence-corrected chi connectivity index (χ1v) is 10.0. The number of anilines is 1. The number of nitrogens with one attached hydrogen (secondary N) is 1. The summed E-state index contributed by atoms with van der Waals surface area (Å²) in [6.07, 6.45) is 2.01. The molecular weight excluding hydrogens is 382 g/mol. The van der Waals surface area contributed by atoms with Crippen molar-refractivity contribution in [3.63, 3.8) is 0 Å². The Morgan fingerprint density at radius 3 is 2.96 bits per heavy atom. The summed E-state index contributed by atoms with van der Waals surface area (Å²) in [6.45, 7) is 2.13. The molecule has 1 aliphatic heterocycles. The highest BCUT2D eigenvalue weighted by Crippen LogP contribution is 2.33. The van der Waals surface area contributed by atoms with Crippen molar-refractivity contribution in [2.75, 3.05) is 11.9 Å². The number of thiophene rings is 1. The van der Waals surface area contributed by atoms with Crippen LogP contribution < -0.4 is 5.32 Å². The second-order valence-electron chi connectivity index (χ2n) is 4.94. The third-order valence-electron chi connectivity index (χ3n) is 3.12. The monoisotopic (exact) mass is 395 g/mol. The van der Waals surface area contributed by atoms with E-state index in [1.165, 1.54) is 28.0 Å². The van der Waals surface area contributed by atoms with Gasteiger partial charge in [-0.25, -0.2) is 4.98 Å². The van der Waals surface area contributed by atoms with Crippen LogP contribution in [0.3, 0.4) is 0 Å². The van der Waals surface area contributed by atoms with E-state index in [9.17, 15) is 9.59 Å². The molecule has 0 radical (unpaired) electrons. The number of nitrogens with zero attached hydrogens (tertiary/aromatic N) is 2. The Hall–Kier alpha value is -1.55. The fourth-order valence-electron chi connectivity index (χ4n) is 2.00. The van der Waals surface area contributed by atoms with Crippen molar-refractivity contribution in [2.24, 2.45) is 0 Å². The molecule has 1 N–H and O–H groups in total. The number of hydrogen-bond donors (Lipinski definition) is 1. The largest absolute Gasteiger partial charge is 0.302 e. The fourth-order valence-corrected chi connectivity index (χ4v) is 4.74. The smallest absolute Gasteiger partial charge is 0.266 e. The van der Waals surface area contributed by atoms with Crippen molar-refractivity contribution in [3.8, 4) is 0 Å². The lowest BCUT2D eigenvalue weighted by atomic mass is 10.3. The zero-order valence-electron chi connectivity index (χ0n) is 12.6. The number of hydrogen-bond acceptors (Lipinski definition) is 7. The lowest BCUT2D eigenvalue weighted by Crippen LogP contribution is -2.31. The van der Waals surface area contributed by atoms with Gasteiger partial charge in [-0.3, -0.25) is 14.5 Å². The van der Waals surface area contributed by atoms with E-state index in [1.807, 2.05) is 35.9 Å². The van der Waals surface area contributed by atoms with Crippen molar-refractivity contribution < 1.29 is 9.59 Å². The van der Waals surface area contributed by atoms with Crippen molar-refractivity contribution >= 4 is 74.0 Å². The van der Waals surface area contributed by atoms with Crippen LogP contribution in [0.15, 0.2) is 27.8 Å². The normalized spacial score (nSPS) is 16.2. The molecule has 0 aliphatic carbocycles. The molecule has 3 rings (SSSR count). The molecule has 1 fully saturated rings. The van der Waals surface area contributed by atoms with Gasteiger partial charge >= 0.3 is 0 Å². The SMILES string of the molecule is Cc1csc(NC(=O)CCN2C(=O)/C(=C/c3cccs3)SC2=S)n1. The highest BCUT2D eigenvalue weighted by atomic mass is 32.2. The van der Waals surface area contributed by atoms with Crippen molar-refractivity contribution in [1.29, 1.82) is 0 Å². The zero-order chi connectivity index (χ0) is 17.1. The molecule has 0 spiro atoms. The number of thiazole rings is 1. The Morgan fingerprint density at radius 1 is 1.46 bits per heavy atom. The van der Waals surface area contributed by atoms with E-state index in [0.717, 1.165) is 10.6 Å². The number of aryl methyl sites for hydroxylation is 1. The maximum absolute atomic E-state index is 12.4. The van der Waals surface area contributed by atoms with Gasteiger partial charge in [0.15, 0.2) is 5.13 Å².